The molecular formula is C23H22N6O2. The molecule has 1 aromatic heterocycles. The average molecular weight is 414 g/mol. The molecule has 0 aliphatic heterocycles. The highest BCUT2D eigenvalue weighted by molar-refractivity contribution is 6.16. The first kappa shape index (κ1) is 20.2. The van der Waals surface area contributed by atoms with Crippen molar-refractivity contribution in [1.29, 1.82) is 10.7 Å². The first-order valence-corrected chi connectivity index (χ1v) is 9.74. The summed E-state index contributed by atoms with van der Waals surface area (Å²) in [5.74, 6) is 1.35. The van der Waals surface area contributed by atoms with Gasteiger partial charge in [-0.2, -0.15) is 5.26 Å². The van der Waals surface area contributed by atoms with Crippen molar-refractivity contribution in [1.82, 2.24) is 9.97 Å². The average Bonchev–Trinajstić information content (AvgIpc) is 3.20. The Morgan fingerprint density at radius 1 is 1.16 bits per heavy atom. The standard InChI is InChI=1S/C23H22N6O2/c1-30-18-10-15(7-16(11-24)21(18)31-2)20(25)19-22(26)27-12-28-23(19)29-17-8-13-5-3-4-6-14(13)9-17/h3-7,10,12,17,25H,8-9H2,1-2H3,(H3,26,27,28,29). The molecular weight excluding hydrogens is 392 g/mol. The number of nitrogens with one attached hydrogen (secondary N) is 2. The van der Waals surface area contributed by atoms with Crippen LogP contribution in [-0.2, 0) is 12.8 Å². The summed E-state index contributed by atoms with van der Waals surface area (Å²) >= 11 is 0. The Morgan fingerprint density at radius 3 is 2.48 bits per heavy atom. The number of anilines is 2. The van der Waals surface area contributed by atoms with Gasteiger partial charge in [0.1, 0.15) is 24.0 Å². The summed E-state index contributed by atoms with van der Waals surface area (Å²) in [6.45, 7) is 0. The van der Waals surface area contributed by atoms with Crippen molar-refractivity contribution in [3.05, 3.63) is 70.5 Å². The van der Waals surface area contributed by atoms with E-state index in [0.29, 0.717) is 28.4 Å². The van der Waals surface area contributed by atoms with Crippen LogP contribution in [0.15, 0.2) is 42.7 Å². The van der Waals surface area contributed by atoms with Gasteiger partial charge in [-0.25, -0.2) is 9.97 Å². The highest BCUT2D eigenvalue weighted by Crippen LogP contribution is 2.34. The second kappa shape index (κ2) is 8.32. The van der Waals surface area contributed by atoms with Gasteiger partial charge < -0.3 is 20.5 Å². The number of fused-ring (bicyclic) bond motifs is 1. The maximum Gasteiger partial charge on any atom is 0.178 e. The molecule has 0 radical (unpaired) electrons. The Hall–Kier alpha value is -4.12. The van der Waals surface area contributed by atoms with Gasteiger partial charge in [0.05, 0.1) is 31.1 Å². The predicted octanol–water partition coefficient (Wildman–Crippen LogP) is 2.94. The second-order valence-corrected chi connectivity index (χ2v) is 7.25. The lowest BCUT2D eigenvalue weighted by Gasteiger charge is -2.18. The number of hydrogen-bond acceptors (Lipinski definition) is 8. The normalized spacial score (nSPS) is 12.7. The minimum Gasteiger partial charge on any atom is -0.493 e. The lowest BCUT2D eigenvalue weighted by Crippen LogP contribution is -2.23. The molecule has 0 spiro atoms. The van der Waals surface area contributed by atoms with Crippen LogP contribution in [0, 0.1) is 16.7 Å². The molecule has 1 heterocycles. The van der Waals surface area contributed by atoms with E-state index < -0.39 is 0 Å². The summed E-state index contributed by atoms with van der Waals surface area (Å²) in [6, 6.07) is 13.8. The van der Waals surface area contributed by atoms with Gasteiger partial charge in [-0.15, -0.1) is 0 Å². The summed E-state index contributed by atoms with van der Waals surface area (Å²) in [7, 11) is 2.95. The van der Waals surface area contributed by atoms with Crippen molar-refractivity contribution in [3.8, 4) is 17.6 Å². The summed E-state index contributed by atoms with van der Waals surface area (Å²) in [5.41, 5.74) is 9.96. The monoisotopic (exact) mass is 414 g/mol. The van der Waals surface area contributed by atoms with E-state index in [2.05, 4.69) is 33.5 Å². The lowest BCUT2D eigenvalue weighted by molar-refractivity contribution is 0.354. The second-order valence-electron chi connectivity index (χ2n) is 7.25. The van der Waals surface area contributed by atoms with Crippen LogP contribution in [0.5, 0.6) is 11.5 Å². The third kappa shape index (κ3) is 3.73. The molecule has 0 unspecified atom stereocenters. The number of nitrogens with zero attached hydrogens (tertiary/aromatic N) is 3. The van der Waals surface area contributed by atoms with Crippen LogP contribution in [0.3, 0.4) is 0 Å². The van der Waals surface area contributed by atoms with E-state index in [-0.39, 0.29) is 23.1 Å². The highest BCUT2D eigenvalue weighted by atomic mass is 16.5. The number of hydrogen-bond donors (Lipinski definition) is 3. The Morgan fingerprint density at radius 2 is 1.87 bits per heavy atom. The molecule has 0 saturated heterocycles. The number of rotatable bonds is 6. The van der Waals surface area contributed by atoms with Crippen LogP contribution in [0.2, 0.25) is 0 Å². The van der Waals surface area contributed by atoms with Crippen molar-refractivity contribution in [3.63, 3.8) is 0 Å². The number of methoxy groups -OCH3 is 2. The third-order valence-electron chi connectivity index (χ3n) is 5.41. The number of nitrogens with two attached hydrogens (primary N) is 1. The van der Waals surface area contributed by atoms with Crippen LogP contribution in [-0.4, -0.2) is 35.9 Å². The maximum atomic E-state index is 9.51. The number of nitriles is 1. The Labute approximate surface area is 180 Å². The fourth-order valence-electron chi connectivity index (χ4n) is 3.95. The van der Waals surface area contributed by atoms with Crippen molar-refractivity contribution in [2.24, 2.45) is 0 Å². The summed E-state index contributed by atoms with van der Waals surface area (Å²) < 4.78 is 10.6. The minimum absolute atomic E-state index is 0.0913. The molecule has 1 aliphatic carbocycles. The third-order valence-corrected chi connectivity index (χ3v) is 5.41. The number of nitrogen functional groups attached to an aromatic ring is 1. The molecule has 0 saturated carbocycles. The minimum atomic E-state index is 0.0913. The molecule has 3 aromatic rings. The largest absolute Gasteiger partial charge is 0.493 e. The molecule has 31 heavy (non-hydrogen) atoms. The molecule has 0 fully saturated rings. The molecule has 8 heteroatoms. The van der Waals surface area contributed by atoms with Crippen LogP contribution in [0.4, 0.5) is 11.6 Å². The molecule has 8 nitrogen and oxygen atoms in total. The van der Waals surface area contributed by atoms with Crippen LogP contribution in [0.25, 0.3) is 0 Å². The fourth-order valence-corrected chi connectivity index (χ4v) is 3.95. The smallest absolute Gasteiger partial charge is 0.178 e. The van der Waals surface area contributed by atoms with Crippen molar-refractivity contribution >= 4 is 17.3 Å². The van der Waals surface area contributed by atoms with Gasteiger partial charge in [0.2, 0.25) is 0 Å². The molecule has 0 amide bonds. The predicted molar refractivity (Wildman–Crippen MR) is 118 cm³/mol. The quantitative estimate of drug-likeness (QED) is 0.529. The lowest BCUT2D eigenvalue weighted by atomic mass is 9.99. The van der Waals surface area contributed by atoms with Gasteiger partial charge in [0.25, 0.3) is 0 Å². The van der Waals surface area contributed by atoms with E-state index >= 15 is 0 Å². The summed E-state index contributed by atoms with van der Waals surface area (Å²) in [4.78, 5) is 8.45. The molecule has 0 bridgehead atoms. The van der Waals surface area contributed by atoms with E-state index in [1.165, 1.54) is 31.7 Å². The zero-order chi connectivity index (χ0) is 22.0. The van der Waals surface area contributed by atoms with Gasteiger partial charge in [-0.1, -0.05) is 24.3 Å². The summed E-state index contributed by atoms with van der Waals surface area (Å²) in [5, 5.41) is 21.8. The van der Waals surface area contributed by atoms with Gasteiger partial charge in [-0.05, 0) is 36.1 Å². The van der Waals surface area contributed by atoms with E-state index in [4.69, 9.17) is 20.6 Å². The first-order valence-electron chi connectivity index (χ1n) is 9.74. The van der Waals surface area contributed by atoms with E-state index in [1.54, 1.807) is 12.1 Å². The molecule has 1 aliphatic rings. The molecule has 0 atom stereocenters. The zero-order valence-corrected chi connectivity index (χ0v) is 17.3. The number of ether oxygens (including phenoxy) is 2. The van der Waals surface area contributed by atoms with Crippen molar-refractivity contribution < 1.29 is 9.47 Å². The van der Waals surface area contributed by atoms with E-state index in [1.807, 2.05) is 12.1 Å². The highest BCUT2D eigenvalue weighted by Gasteiger charge is 2.25. The van der Waals surface area contributed by atoms with E-state index in [0.717, 1.165) is 12.8 Å². The Balaban J connectivity index is 1.69. The van der Waals surface area contributed by atoms with E-state index in [9.17, 15) is 5.26 Å². The molecule has 2 aromatic carbocycles. The molecule has 4 rings (SSSR count). The van der Waals surface area contributed by atoms with Gasteiger partial charge in [-0.3, -0.25) is 5.41 Å². The number of benzene rings is 2. The van der Waals surface area contributed by atoms with Crippen molar-refractivity contribution in [2.45, 2.75) is 18.9 Å². The Kier molecular flexibility index (Phi) is 5.41. The van der Waals surface area contributed by atoms with Gasteiger partial charge in [0.15, 0.2) is 11.5 Å². The molecule has 4 N–H and O–H groups in total. The topological polar surface area (TPSA) is 130 Å². The fraction of sp³-hybridized carbons (Fsp3) is 0.217. The van der Waals surface area contributed by atoms with Crippen LogP contribution in [0.1, 0.15) is 27.8 Å². The van der Waals surface area contributed by atoms with Crippen LogP contribution < -0.4 is 20.5 Å². The van der Waals surface area contributed by atoms with Crippen molar-refractivity contribution in [2.75, 3.05) is 25.3 Å². The Bertz CT molecular complexity index is 1180. The molecule has 156 valence electrons. The van der Waals surface area contributed by atoms with Gasteiger partial charge in [0, 0.05) is 11.6 Å². The maximum absolute atomic E-state index is 9.51. The van der Waals surface area contributed by atoms with Crippen LogP contribution >= 0.6 is 0 Å². The summed E-state index contributed by atoms with van der Waals surface area (Å²) in [6.07, 6.45) is 3.11. The SMILES string of the molecule is COc1cc(C(=N)c2c(N)ncnc2NC2Cc3ccccc3C2)cc(C#N)c1OC. The first-order chi connectivity index (χ1) is 15.0. The number of aromatic nitrogens is 2. The zero-order valence-electron chi connectivity index (χ0n) is 17.3. The van der Waals surface area contributed by atoms with Gasteiger partial charge >= 0.3 is 0 Å².